The van der Waals surface area contributed by atoms with E-state index < -0.39 is 0 Å². The molecule has 2 heterocycles. The van der Waals surface area contributed by atoms with E-state index in [9.17, 15) is 0 Å². The molecule has 1 aromatic carbocycles. The lowest BCUT2D eigenvalue weighted by atomic mass is 10.2. The van der Waals surface area contributed by atoms with Crippen LogP contribution in [-0.2, 0) is 0 Å². The highest BCUT2D eigenvalue weighted by atomic mass is 79.9. The van der Waals surface area contributed by atoms with E-state index in [1.807, 2.05) is 29.6 Å². The van der Waals surface area contributed by atoms with Gasteiger partial charge in [-0.1, -0.05) is 6.07 Å². The van der Waals surface area contributed by atoms with Crippen LogP contribution >= 0.6 is 27.3 Å². The molecule has 0 aliphatic rings. The zero-order valence-electron chi connectivity index (χ0n) is 8.53. The van der Waals surface area contributed by atoms with Gasteiger partial charge >= 0.3 is 0 Å². The first-order valence-electron chi connectivity index (χ1n) is 4.84. The molecular formula is C12H8BrNOS. The van der Waals surface area contributed by atoms with Gasteiger partial charge in [-0.25, -0.2) is 4.98 Å². The number of oxazole rings is 1. The number of rotatable bonds is 1. The van der Waals surface area contributed by atoms with Gasteiger partial charge in [0.1, 0.15) is 10.4 Å². The number of halogens is 1. The highest BCUT2D eigenvalue weighted by Crippen LogP contribution is 2.34. The third-order valence-corrected chi connectivity index (χ3v) is 4.18. The Balaban J connectivity index is 2.23. The van der Waals surface area contributed by atoms with Crippen LogP contribution in [-0.4, -0.2) is 4.98 Å². The minimum atomic E-state index is 0.683. The van der Waals surface area contributed by atoms with Gasteiger partial charge in [0.25, 0.3) is 0 Å². The van der Waals surface area contributed by atoms with Crippen molar-refractivity contribution in [3.63, 3.8) is 0 Å². The Bertz CT molecular complexity index is 656. The Morgan fingerprint density at radius 3 is 2.94 bits per heavy atom. The third-order valence-electron chi connectivity index (χ3n) is 2.35. The summed E-state index contributed by atoms with van der Waals surface area (Å²) >= 11 is 5.10. The number of hydrogen-bond donors (Lipinski definition) is 0. The molecule has 0 atom stereocenters. The second-order valence-corrected chi connectivity index (χ2v) is 5.36. The fraction of sp³-hybridized carbons (Fsp3) is 0.0833. The van der Waals surface area contributed by atoms with Gasteiger partial charge in [-0.3, -0.25) is 0 Å². The molecule has 3 aromatic rings. The van der Waals surface area contributed by atoms with E-state index in [-0.39, 0.29) is 0 Å². The maximum atomic E-state index is 5.72. The number of aromatic nitrogens is 1. The molecule has 0 spiro atoms. The van der Waals surface area contributed by atoms with E-state index in [0.717, 1.165) is 20.4 Å². The van der Waals surface area contributed by atoms with Crippen molar-refractivity contribution in [3.05, 3.63) is 39.7 Å². The molecule has 16 heavy (non-hydrogen) atoms. The molecular weight excluding hydrogens is 286 g/mol. The summed E-state index contributed by atoms with van der Waals surface area (Å²) in [5.74, 6) is 0.683. The summed E-state index contributed by atoms with van der Waals surface area (Å²) < 4.78 is 6.75. The normalized spacial score (nSPS) is 11.1. The summed E-state index contributed by atoms with van der Waals surface area (Å²) in [7, 11) is 0. The maximum absolute atomic E-state index is 5.72. The second-order valence-electron chi connectivity index (χ2n) is 3.59. The molecule has 0 bridgehead atoms. The fourth-order valence-electron chi connectivity index (χ4n) is 1.58. The van der Waals surface area contributed by atoms with Gasteiger partial charge in [0, 0.05) is 4.47 Å². The zero-order chi connectivity index (χ0) is 11.1. The highest BCUT2D eigenvalue weighted by molar-refractivity contribution is 9.10. The second kappa shape index (κ2) is 3.71. The Morgan fingerprint density at radius 2 is 2.19 bits per heavy atom. The van der Waals surface area contributed by atoms with Crippen LogP contribution in [0, 0.1) is 6.92 Å². The molecule has 0 fully saturated rings. The van der Waals surface area contributed by atoms with Crippen molar-refractivity contribution in [2.24, 2.45) is 0 Å². The van der Waals surface area contributed by atoms with Crippen LogP contribution in [0.4, 0.5) is 0 Å². The lowest BCUT2D eigenvalue weighted by Crippen LogP contribution is -1.73. The van der Waals surface area contributed by atoms with E-state index in [1.165, 1.54) is 5.56 Å². The van der Waals surface area contributed by atoms with Crippen LogP contribution in [0.1, 0.15) is 5.56 Å². The van der Waals surface area contributed by atoms with E-state index in [0.29, 0.717) is 5.89 Å². The van der Waals surface area contributed by atoms with Gasteiger partial charge in [-0.05, 0) is 52.0 Å². The minimum Gasteiger partial charge on any atom is -0.435 e. The molecule has 3 rings (SSSR count). The lowest BCUT2D eigenvalue weighted by molar-refractivity contribution is 0.621. The Hall–Kier alpha value is -1.13. The summed E-state index contributed by atoms with van der Waals surface area (Å²) in [6, 6.07) is 8.02. The lowest BCUT2D eigenvalue weighted by Gasteiger charge is -1.88. The van der Waals surface area contributed by atoms with Crippen molar-refractivity contribution in [1.82, 2.24) is 4.98 Å². The Morgan fingerprint density at radius 1 is 1.31 bits per heavy atom. The predicted molar refractivity (Wildman–Crippen MR) is 69.8 cm³/mol. The molecule has 0 aliphatic heterocycles. The van der Waals surface area contributed by atoms with Gasteiger partial charge in [0.15, 0.2) is 5.58 Å². The van der Waals surface area contributed by atoms with Crippen molar-refractivity contribution in [1.29, 1.82) is 0 Å². The summed E-state index contributed by atoms with van der Waals surface area (Å²) in [5.41, 5.74) is 2.94. The molecule has 4 heteroatoms. The average Bonchev–Trinajstić information content (AvgIpc) is 2.82. The molecule has 2 nitrogen and oxygen atoms in total. The van der Waals surface area contributed by atoms with Gasteiger partial charge in [0.05, 0.1) is 0 Å². The third kappa shape index (κ3) is 1.58. The quantitative estimate of drug-likeness (QED) is 0.654. The Labute approximate surface area is 105 Å². The van der Waals surface area contributed by atoms with Crippen LogP contribution < -0.4 is 0 Å². The van der Waals surface area contributed by atoms with Crippen LogP contribution in [0.3, 0.4) is 0 Å². The standard InChI is InChI=1S/C12H8BrNOS/c1-7-2-3-10-9(6-7)14-12(15-10)11-8(13)4-5-16-11/h2-6H,1H3. The molecule has 2 aromatic heterocycles. The van der Waals surface area contributed by atoms with E-state index in [4.69, 9.17) is 4.42 Å². The van der Waals surface area contributed by atoms with Crippen LogP contribution in [0.15, 0.2) is 38.5 Å². The zero-order valence-corrected chi connectivity index (χ0v) is 10.9. The van der Waals surface area contributed by atoms with E-state index >= 15 is 0 Å². The van der Waals surface area contributed by atoms with Crippen molar-refractivity contribution in [3.8, 4) is 10.8 Å². The van der Waals surface area contributed by atoms with E-state index in [1.54, 1.807) is 11.3 Å². The first-order chi connectivity index (χ1) is 7.74. The van der Waals surface area contributed by atoms with Crippen molar-refractivity contribution in [2.75, 3.05) is 0 Å². The summed E-state index contributed by atoms with van der Waals surface area (Å²) in [4.78, 5) is 5.53. The first kappa shape index (κ1) is 10.1. The SMILES string of the molecule is Cc1ccc2oc(-c3sccc3Br)nc2c1. The molecule has 0 amide bonds. The number of thiophene rings is 1. The number of fused-ring (bicyclic) bond motifs is 1. The largest absolute Gasteiger partial charge is 0.435 e. The smallest absolute Gasteiger partial charge is 0.238 e. The highest BCUT2D eigenvalue weighted by Gasteiger charge is 2.12. The van der Waals surface area contributed by atoms with Crippen LogP contribution in [0.5, 0.6) is 0 Å². The van der Waals surface area contributed by atoms with Gasteiger partial charge in [0.2, 0.25) is 5.89 Å². The summed E-state index contributed by atoms with van der Waals surface area (Å²) in [6.07, 6.45) is 0. The number of nitrogens with zero attached hydrogens (tertiary/aromatic N) is 1. The van der Waals surface area contributed by atoms with Gasteiger partial charge in [-0.15, -0.1) is 11.3 Å². The van der Waals surface area contributed by atoms with Crippen molar-refractivity contribution in [2.45, 2.75) is 6.92 Å². The maximum Gasteiger partial charge on any atom is 0.238 e. The molecule has 0 unspecified atom stereocenters. The average molecular weight is 294 g/mol. The monoisotopic (exact) mass is 293 g/mol. The van der Waals surface area contributed by atoms with Crippen molar-refractivity contribution >= 4 is 38.4 Å². The molecule has 0 radical (unpaired) electrons. The fourth-order valence-corrected chi connectivity index (χ4v) is 3.05. The molecule has 0 saturated carbocycles. The topological polar surface area (TPSA) is 26.0 Å². The van der Waals surface area contributed by atoms with Gasteiger partial charge in [-0.2, -0.15) is 0 Å². The molecule has 0 aliphatic carbocycles. The van der Waals surface area contributed by atoms with Crippen LogP contribution in [0.2, 0.25) is 0 Å². The number of aryl methyl sites for hydroxylation is 1. The number of benzene rings is 1. The van der Waals surface area contributed by atoms with E-state index in [2.05, 4.69) is 27.8 Å². The first-order valence-corrected chi connectivity index (χ1v) is 6.52. The van der Waals surface area contributed by atoms with Gasteiger partial charge < -0.3 is 4.42 Å². The van der Waals surface area contributed by atoms with Crippen molar-refractivity contribution < 1.29 is 4.42 Å². The van der Waals surface area contributed by atoms with Crippen LogP contribution in [0.25, 0.3) is 21.9 Å². The predicted octanol–water partition coefficient (Wildman–Crippen LogP) is 4.63. The number of hydrogen-bond acceptors (Lipinski definition) is 3. The summed E-state index contributed by atoms with van der Waals surface area (Å²) in [5, 5.41) is 2.01. The summed E-state index contributed by atoms with van der Waals surface area (Å²) in [6.45, 7) is 2.05. The molecule has 0 saturated heterocycles. The molecule has 80 valence electrons. The minimum absolute atomic E-state index is 0.683. The molecule has 0 N–H and O–H groups in total. The Kier molecular flexibility index (Phi) is 2.33.